The first kappa shape index (κ1) is 23.2. The number of hydrogen-bond acceptors (Lipinski definition) is 5. The SMILES string of the molecule is COc1ccc(CCC(=O)NCCS(=O)(=O)N2CCN(Cc3ccccc3)CC2)cc1. The summed E-state index contributed by atoms with van der Waals surface area (Å²) in [5.41, 5.74) is 2.27. The lowest BCUT2D eigenvalue weighted by Crippen LogP contribution is -2.49. The summed E-state index contributed by atoms with van der Waals surface area (Å²) in [5.74, 6) is 0.568. The van der Waals surface area contributed by atoms with Gasteiger partial charge in [-0.25, -0.2) is 8.42 Å². The van der Waals surface area contributed by atoms with Crippen molar-refractivity contribution >= 4 is 15.9 Å². The molecule has 2 aromatic carbocycles. The Morgan fingerprint density at radius 1 is 0.968 bits per heavy atom. The second-order valence-corrected chi connectivity index (χ2v) is 9.76. The zero-order valence-corrected chi connectivity index (χ0v) is 18.8. The molecular weight excluding hydrogens is 414 g/mol. The molecule has 0 unspecified atom stereocenters. The molecule has 1 aliphatic rings. The molecule has 1 amide bonds. The van der Waals surface area contributed by atoms with Gasteiger partial charge in [0.25, 0.3) is 0 Å². The number of amides is 1. The van der Waals surface area contributed by atoms with E-state index in [2.05, 4.69) is 22.3 Å². The second-order valence-electron chi connectivity index (χ2n) is 7.67. The molecule has 31 heavy (non-hydrogen) atoms. The van der Waals surface area contributed by atoms with Crippen LogP contribution in [0, 0.1) is 0 Å². The third-order valence-electron chi connectivity index (χ3n) is 5.46. The minimum atomic E-state index is -3.37. The molecule has 1 aliphatic heterocycles. The van der Waals surface area contributed by atoms with Crippen LogP contribution in [0.25, 0.3) is 0 Å². The van der Waals surface area contributed by atoms with Gasteiger partial charge in [0.2, 0.25) is 15.9 Å². The van der Waals surface area contributed by atoms with E-state index in [1.54, 1.807) is 7.11 Å². The first-order valence-corrected chi connectivity index (χ1v) is 12.2. The molecule has 0 aliphatic carbocycles. The Bertz CT molecular complexity index is 925. The Morgan fingerprint density at radius 3 is 2.29 bits per heavy atom. The average molecular weight is 446 g/mol. The number of carbonyl (C=O) groups excluding carboxylic acids is 1. The summed E-state index contributed by atoms with van der Waals surface area (Å²) in [5, 5.41) is 2.73. The van der Waals surface area contributed by atoms with Crippen molar-refractivity contribution in [2.45, 2.75) is 19.4 Å². The van der Waals surface area contributed by atoms with Gasteiger partial charge in [-0.2, -0.15) is 4.31 Å². The average Bonchev–Trinajstić information content (AvgIpc) is 2.79. The van der Waals surface area contributed by atoms with Crippen LogP contribution in [0.4, 0.5) is 0 Å². The van der Waals surface area contributed by atoms with Crippen LogP contribution in [0.5, 0.6) is 5.75 Å². The molecule has 2 aromatic rings. The van der Waals surface area contributed by atoms with Crippen molar-refractivity contribution in [2.75, 3.05) is 45.6 Å². The van der Waals surface area contributed by atoms with E-state index in [-0.39, 0.29) is 18.2 Å². The van der Waals surface area contributed by atoms with Gasteiger partial charge >= 0.3 is 0 Å². The third-order valence-corrected chi connectivity index (χ3v) is 7.33. The largest absolute Gasteiger partial charge is 0.497 e. The maximum atomic E-state index is 12.6. The molecule has 0 aromatic heterocycles. The first-order chi connectivity index (χ1) is 15.0. The van der Waals surface area contributed by atoms with E-state index in [4.69, 9.17) is 4.74 Å². The number of nitrogens with zero attached hydrogens (tertiary/aromatic N) is 2. The Morgan fingerprint density at radius 2 is 1.65 bits per heavy atom. The Kier molecular flexibility index (Phi) is 8.45. The topological polar surface area (TPSA) is 78.9 Å². The van der Waals surface area contributed by atoms with E-state index >= 15 is 0 Å². The van der Waals surface area contributed by atoms with E-state index in [9.17, 15) is 13.2 Å². The van der Waals surface area contributed by atoms with E-state index in [0.717, 1.165) is 17.9 Å². The highest BCUT2D eigenvalue weighted by Gasteiger charge is 2.26. The van der Waals surface area contributed by atoms with E-state index < -0.39 is 10.0 Å². The molecule has 1 heterocycles. The van der Waals surface area contributed by atoms with Gasteiger partial charge in [0, 0.05) is 45.7 Å². The maximum Gasteiger partial charge on any atom is 0.220 e. The number of methoxy groups -OCH3 is 1. The van der Waals surface area contributed by atoms with Gasteiger partial charge in [-0.1, -0.05) is 42.5 Å². The Hall–Kier alpha value is -2.42. The summed E-state index contributed by atoms with van der Waals surface area (Å²) in [4.78, 5) is 14.3. The molecular formula is C23H31N3O4S. The third kappa shape index (κ3) is 7.34. The molecule has 1 saturated heterocycles. The van der Waals surface area contributed by atoms with Crippen LogP contribution in [0.15, 0.2) is 54.6 Å². The molecule has 168 valence electrons. The lowest BCUT2D eigenvalue weighted by molar-refractivity contribution is -0.120. The number of rotatable bonds is 10. The zero-order chi connectivity index (χ0) is 22.1. The number of carbonyl (C=O) groups is 1. The summed E-state index contributed by atoms with van der Waals surface area (Å²) < 4.78 is 31.9. The normalized spacial score (nSPS) is 15.5. The number of benzene rings is 2. The maximum absolute atomic E-state index is 12.6. The number of nitrogens with one attached hydrogen (secondary N) is 1. The number of sulfonamides is 1. The van der Waals surface area contributed by atoms with Crippen LogP contribution in [-0.2, 0) is 27.8 Å². The second kappa shape index (κ2) is 11.3. The van der Waals surface area contributed by atoms with Crippen molar-refractivity contribution in [1.29, 1.82) is 0 Å². The van der Waals surface area contributed by atoms with Gasteiger partial charge < -0.3 is 10.1 Å². The minimum Gasteiger partial charge on any atom is -0.497 e. The first-order valence-electron chi connectivity index (χ1n) is 10.6. The molecule has 0 radical (unpaired) electrons. The molecule has 1 fully saturated rings. The van der Waals surface area contributed by atoms with E-state index in [1.165, 1.54) is 9.87 Å². The van der Waals surface area contributed by atoms with Crippen LogP contribution < -0.4 is 10.1 Å². The van der Waals surface area contributed by atoms with Crippen LogP contribution in [0.2, 0.25) is 0 Å². The Labute approximate surface area is 185 Å². The summed E-state index contributed by atoms with van der Waals surface area (Å²) >= 11 is 0. The zero-order valence-electron chi connectivity index (χ0n) is 18.0. The molecule has 1 N–H and O–H groups in total. The van der Waals surface area contributed by atoms with Gasteiger partial charge in [-0.15, -0.1) is 0 Å². The van der Waals surface area contributed by atoms with Gasteiger partial charge in [-0.05, 0) is 29.7 Å². The van der Waals surface area contributed by atoms with Crippen molar-refractivity contribution in [1.82, 2.24) is 14.5 Å². The smallest absolute Gasteiger partial charge is 0.220 e. The number of piperazine rings is 1. The molecule has 8 heteroatoms. The number of hydrogen-bond donors (Lipinski definition) is 1. The predicted molar refractivity (Wildman–Crippen MR) is 121 cm³/mol. The lowest BCUT2D eigenvalue weighted by Gasteiger charge is -2.34. The highest BCUT2D eigenvalue weighted by molar-refractivity contribution is 7.89. The molecule has 0 bridgehead atoms. The molecule has 0 atom stereocenters. The lowest BCUT2D eigenvalue weighted by atomic mass is 10.1. The van der Waals surface area contributed by atoms with Gasteiger partial charge in [0.15, 0.2) is 0 Å². The fourth-order valence-electron chi connectivity index (χ4n) is 3.59. The highest BCUT2D eigenvalue weighted by atomic mass is 32.2. The quantitative estimate of drug-likeness (QED) is 0.604. The van der Waals surface area contributed by atoms with Crippen LogP contribution in [0.3, 0.4) is 0 Å². The summed E-state index contributed by atoms with van der Waals surface area (Å²) in [6.45, 7) is 3.36. The number of aryl methyl sites for hydroxylation is 1. The fourth-order valence-corrected chi connectivity index (χ4v) is 4.93. The van der Waals surface area contributed by atoms with Crippen molar-refractivity contribution in [3.8, 4) is 5.75 Å². The molecule has 3 rings (SSSR count). The standard InChI is InChI=1S/C23H31N3O4S/c1-30-22-10-7-20(8-11-22)9-12-23(27)24-13-18-31(28,29)26-16-14-25(15-17-26)19-21-5-3-2-4-6-21/h2-8,10-11H,9,12-19H2,1H3,(H,24,27). The summed E-state index contributed by atoms with van der Waals surface area (Å²) in [6, 6.07) is 17.8. The Balaban J connectivity index is 1.35. The summed E-state index contributed by atoms with van der Waals surface area (Å²) in [7, 11) is -1.76. The molecule has 0 saturated carbocycles. The minimum absolute atomic E-state index is 0.0695. The predicted octanol–water partition coefficient (Wildman–Crippen LogP) is 1.89. The van der Waals surface area contributed by atoms with Crippen molar-refractivity contribution < 1.29 is 17.9 Å². The van der Waals surface area contributed by atoms with Crippen molar-refractivity contribution in [3.05, 3.63) is 65.7 Å². The molecule has 0 spiro atoms. The van der Waals surface area contributed by atoms with Crippen LogP contribution >= 0.6 is 0 Å². The van der Waals surface area contributed by atoms with Crippen molar-refractivity contribution in [3.63, 3.8) is 0 Å². The summed E-state index contributed by atoms with van der Waals surface area (Å²) in [6.07, 6.45) is 0.927. The number of ether oxygens (including phenoxy) is 1. The molecule has 7 nitrogen and oxygen atoms in total. The van der Waals surface area contributed by atoms with Gasteiger partial charge in [0.1, 0.15) is 5.75 Å². The van der Waals surface area contributed by atoms with Crippen molar-refractivity contribution in [2.24, 2.45) is 0 Å². The van der Waals surface area contributed by atoms with Crippen LogP contribution in [0.1, 0.15) is 17.5 Å². The van der Waals surface area contributed by atoms with E-state index in [1.807, 2.05) is 42.5 Å². The van der Waals surface area contributed by atoms with Crippen LogP contribution in [-0.4, -0.2) is 69.1 Å². The van der Waals surface area contributed by atoms with E-state index in [0.29, 0.717) is 39.0 Å². The monoisotopic (exact) mass is 445 g/mol. The van der Waals surface area contributed by atoms with Gasteiger partial charge in [-0.3, -0.25) is 9.69 Å². The van der Waals surface area contributed by atoms with Gasteiger partial charge in [0.05, 0.1) is 12.9 Å². The fraction of sp³-hybridized carbons (Fsp3) is 0.435. The highest BCUT2D eigenvalue weighted by Crippen LogP contribution is 2.13.